The summed E-state index contributed by atoms with van der Waals surface area (Å²) in [5.41, 5.74) is 10.2. The molecule has 3 aromatic heterocycles. The van der Waals surface area contributed by atoms with Crippen molar-refractivity contribution in [2.75, 3.05) is 18.9 Å². The van der Waals surface area contributed by atoms with E-state index in [0.29, 0.717) is 48.4 Å². The van der Waals surface area contributed by atoms with Crippen molar-refractivity contribution in [3.05, 3.63) is 46.1 Å². The van der Waals surface area contributed by atoms with E-state index in [0.717, 1.165) is 29.0 Å². The molecule has 0 aliphatic rings. The highest BCUT2D eigenvalue weighted by atomic mass is 35.5. The van der Waals surface area contributed by atoms with Gasteiger partial charge in [-0.3, -0.25) is 4.79 Å². The highest BCUT2D eigenvalue weighted by molar-refractivity contribution is 6.29. The van der Waals surface area contributed by atoms with Crippen molar-refractivity contribution in [3.63, 3.8) is 0 Å². The zero-order valence-corrected chi connectivity index (χ0v) is 17.6. The standard InChI is InChI=1S/C20H25ClN6O2/c1-4-29-11-16-26-17-18(12(2)13(3)25-19(17)22)27(16)9-5-8-23-20(28)14-6-7-15(21)24-10-14/h6-7,10H,4-5,8-9,11H2,1-3H3,(H2,22,25)(H,23,28). The number of imidazole rings is 1. The predicted molar refractivity (Wildman–Crippen MR) is 113 cm³/mol. The van der Waals surface area contributed by atoms with E-state index in [2.05, 4.69) is 24.8 Å². The fourth-order valence-corrected chi connectivity index (χ4v) is 3.25. The van der Waals surface area contributed by atoms with E-state index in [-0.39, 0.29) is 5.91 Å². The summed E-state index contributed by atoms with van der Waals surface area (Å²) in [7, 11) is 0. The number of nitrogen functional groups attached to an aromatic ring is 1. The second-order valence-corrected chi connectivity index (χ2v) is 7.09. The summed E-state index contributed by atoms with van der Waals surface area (Å²) in [4.78, 5) is 25.2. The van der Waals surface area contributed by atoms with Crippen LogP contribution in [0.3, 0.4) is 0 Å². The average molecular weight is 417 g/mol. The van der Waals surface area contributed by atoms with Crippen LogP contribution in [0.15, 0.2) is 18.3 Å². The Hall–Kier alpha value is -2.71. The van der Waals surface area contributed by atoms with Gasteiger partial charge < -0.3 is 20.4 Å². The van der Waals surface area contributed by atoms with E-state index in [1.165, 1.54) is 6.20 Å². The number of nitrogens with one attached hydrogen (secondary N) is 1. The second-order valence-electron chi connectivity index (χ2n) is 6.70. The van der Waals surface area contributed by atoms with Crippen molar-refractivity contribution < 1.29 is 9.53 Å². The van der Waals surface area contributed by atoms with Crippen LogP contribution < -0.4 is 11.1 Å². The van der Waals surface area contributed by atoms with E-state index in [1.54, 1.807) is 12.1 Å². The summed E-state index contributed by atoms with van der Waals surface area (Å²) in [5, 5.41) is 3.26. The van der Waals surface area contributed by atoms with Crippen molar-refractivity contribution in [2.24, 2.45) is 0 Å². The van der Waals surface area contributed by atoms with Gasteiger partial charge in [-0.1, -0.05) is 11.6 Å². The molecular weight excluding hydrogens is 392 g/mol. The number of nitrogens with two attached hydrogens (primary N) is 1. The molecule has 0 saturated heterocycles. The molecule has 0 bridgehead atoms. The van der Waals surface area contributed by atoms with Gasteiger partial charge in [0, 0.05) is 31.6 Å². The van der Waals surface area contributed by atoms with Gasteiger partial charge in [-0.05, 0) is 44.9 Å². The van der Waals surface area contributed by atoms with Crippen molar-refractivity contribution in [3.8, 4) is 0 Å². The maximum atomic E-state index is 12.2. The number of aryl methyl sites for hydroxylation is 3. The fraction of sp³-hybridized carbons (Fsp3) is 0.400. The first-order valence-electron chi connectivity index (χ1n) is 9.51. The van der Waals surface area contributed by atoms with Gasteiger partial charge >= 0.3 is 0 Å². The molecule has 0 radical (unpaired) electrons. The molecule has 0 atom stereocenters. The van der Waals surface area contributed by atoms with E-state index in [1.807, 2.05) is 20.8 Å². The van der Waals surface area contributed by atoms with Crippen molar-refractivity contribution in [1.29, 1.82) is 0 Å². The quantitative estimate of drug-likeness (QED) is 0.431. The average Bonchev–Trinajstić information content (AvgIpc) is 3.07. The van der Waals surface area contributed by atoms with Gasteiger partial charge in [0.25, 0.3) is 5.91 Å². The molecule has 3 heterocycles. The Labute approximate surface area is 174 Å². The molecule has 154 valence electrons. The minimum absolute atomic E-state index is 0.181. The largest absolute Gasteiger partial charge is 0.382 e. The summed E-state index contributed by atoms with van der Waals surface area (Å²) in [6.45, 7) is 8.06. The number of nitrogens with zero attached hydrogens (tertiary/aromatic N) is 4. The van der Waals surface area contributed by atoms with E-state index >= 15 is 0 Å². The SMILES string of the molecule is CCOCc1nc2c(N)nc(C)c(C)c2n1CCCNC(=O)c1ccc(Cl)nc1. The number of fused-ring (bicyclic) bond motifs is 1. The van der Waals surface area contributed by atoms with E-state index < -0.39 is 0 Å². The molecule has 0 spiro atoms. The van der Waals surface area contributed by atoms with Crippen LogP contribution in [-0.2, 0) is 17.9 Å². The molecule has 0 saturated carbocycles. The number of rotatable bonds is 8. The van der Waals surface area contributed by atoms with Crippen LogP contribution >= 0.6 is 11.6 Å². The molecule has 0 fully saturated rings. The Morgan fingerprint density at radius 1 is 1.31 bits per heavy atom. The molecule has 1 amide bonds. The highest BCUT2D eigenvalue weighted by Crippen LogP contribution is 2.26. The van der Waals surface area contributed by atoms with Gasteiger partial charge in [0.2, 0.25) is 0 Å². The van der Waals surface area contributed by atoms with Crippen LogP contribution in [0.2, 0.25) is 5.15 Å². The number of hydrogen-bond acceptors (Lipinski definition) is 6. The number of ether oxygens (including phenoxy) is 1. The number of carbonyl (C=O) groups excluding carboxylic acids is 1. The molecule has 3 N–H and O–H groups in total. The third-order valence-corrected chi connectivity index (χ3v) is 4.97. The second kappa shape index (κ2) is 9.19. The molecule has 3 aromatic rings. The smallest absolute Gasteiger partial charge is 0.252 e. The van der Waals surface area contributed by atoms with Crippen LogP contribution in [0.25, 0.3) is 11.0 Å². The van der Waals surface area contributed by atoms with Gasteiger partial charge in [-0.15, -0.1) is 0 Å². The minimum atomic E-state index is -0.181. The van der Waals surface area contributed by atoms with Crippen LogP contribution in [0.1, 0.15) is 40.8 Å². The zero-order valence-electron chi connectivity index (χ0n) is 16.8. The molecule has 3 rings (SSSR count). The number of carbonyl (C=O) groups is 1. The lowest BCUT2D eigenvalue weighted by Gasteiger charge is -2.12. The minimum Gasteiger partial charge on any atom is -0.382 e. The first-order valence-corrected chi connectivity index (χ1v) is 9.89. The third-order valence-electron chi connectivity index (χ3n) is 4.74. The molecule has 9 heteroatoms. The van der Waals surface area contributed by atoms with Gasteiger partial charge in [0.15, 0.2) is 5.82 Å². The Morgan fingerprint density at radius 3 is 2.79 bits per heavy atom. The van der Waals surface area contributed by atoms with E-state index in [4.69, 9.17) is 22.1 Å². The van der Waals surface area contributed by atoms with Gasteiger partial charge in [-0.2, -0.15) is 0 Å². The summed E-state index contributed by atoms with van der Waals surface area (Å²) in [6.07, 6.45) is 2.18. The van der Waals surface area contributed by atoms with E-state index in [9.17, 15) is 4.79 Å². The molecule has 0 aromatic carbocycles. The van der Waals surface area contributed by atoms with Crippen LogP contribution in [0.5, 0.6) is 0 Å². The number of aromatic nitrogens is 4. The lowest BCUT2D eigenvalue weighted by atomic mass is 10.2. The van der Waals surface area contributed by atoms with Gasteiger partial charge in [0.05, 0.1) is 11.1 Å². The predicted octanol–water partition coefficient (Wildman–Crippen LogP) is 3.04. The summed E-state index contributed by atoms with van der Waals surface area (Å²) in [6, 6.07) is 3.24. The maximum absolute atomic E-state index is 12.2. The number of pyridine rings is 2. The monoisotopic (exact) mass is 416 g/mol. The molecule has 0 unspecified atom stereocenters. The Kier molecular flexibility index (Phi) is 6.66. The number of anilines is 1. The zero-order chi connectivity index (χ0) is 21.0. The normalized spacial score (nSPS) is 11.2. The highest BCUT2D eigenvalue weighted by Gasteiger charge is 2.17. The summed E-state index contributed by atoms with van der Waals surface area (Å²) in [5.74, 6) is 1.04. The molecular formula is C20H25ClN6O2. The summed E-state index contributed by atoms with van der Waals surface area (Å²) >= 11 is 5.76. The topological polar surface area (TPSA) is 108 Å². The Balaban J connectivity index is 1.74. The first-order chi connectivity index (χ1) is 13.9. The first kappa shape index (κ1) is 21.0. The molecule has 29 heavy (non-hydrogen) atoms. The van der Waals surface area contributed by atoms with Crippen molar-refractivity contribution in [1.82, 2.24) is 24.8 Å². The molecule has 0 aliphatic heterocycles. The fourth-order valence-electron chi connectivity index (χ4n) is 3.14. The number of amides is 1. The lowest BCUT2D eigenvalue weighted by Crippen LogP contribution is -2.25. The number of hydrogen-bond donors (Lipinski definition) is 2. The third kappa shape index (κ3) is 4.65. The Morgan fingerprint density at radius 2 is 2.10 bits per heavy atom. The maximum Gasteiger partial charge on any atom is 0.252 e. The van der Waals surface area contributed by atoms with Crippen LogP contribution in [0.4, 0.5) is 5.82 Å². The van der Waals surface area contributed by atoms with Gasteiger partial charge in [0.1, 0.15) is 23.1 Å². The number of halogens is 1. The Bertz CT molecular complexity index is 1020. The molecule has 0 aliphatic carbocycles. The molecule has 8 nitrogen and oxygen atoms in total. The van der Waals surface area contributed by atoms with Crippen molar-refractivity contribution in [2.45, 2.75) is 40.3 Å². The van der Waals surface area contributed by atoms with Crippen LogP contribution in [-0.4, -0.2) is 38.6 Å². The lowest BCUT2D eigenvalue weighted by molar-refractivity contribution is 0.0952. The van der Waals surface area contributed by atoms with Crippen LogP contribution in [0, 0.1) is 13.8 Å². The van der Waals surface area contributed by atoms with Crippen molar-refractivity contribution >= 4 is 34.4 Å². The summed E-state index contributed by atoms with van der Waals surface area (Å²) < 4.78 is 7.69. The van der Waals surface area contributed by atoms with Gasteiger partial charge in [-0.25, -0.2) is 15.0 Å².